The van der Waals surface area contributed by atoms with Crippen LogP contribution in [-0.4, -0.2) is 23.5 Å². The second-order valence-corrected chi connectivity index (χ2v) is 6.14. The Hall–Kier alpha value is -0.800. The molecule has 1 fully saturated rings. The van der Waals surface area contributed by atoms with Crippen molar-refractivity contribution in [1.82, 2.24) is 10.3 Å². The van der Waals surface area contributed by atoms with Crippen molar-refractivity contribution >= 4 is 11.6 Å². The zero-order valence-electron chi connectivity index (χ0n) is 12.8. The molecule has 20 heavy (non-hydrogen) atoms. The summed E-state index contributed by atoms with van der Waals surface area (Å²) in [5.41, 5.74) is 3.35. The molecule has 112 valence electrons. The summed E-state index contributed by atoms with van der Waals surface area (Å²) in [6.07, 6.45) is 8.08. The Morgan fingerprint density at radius 3 is 2.60 bits per heavy atom. The van der Waals surface area contributed by atoms with Crippen molar-refractivity contribution in [3.05, 3.63) is 23.0 Å². The highest BCUT2D eigenvalue weighted by Gasteiger charge is 2.30. The van der Waals surface area contributed by atoms with Crippen LogP contribution in [0.25, 0.3) is 0 Å². The van der Waals surface area contributed by atoms with E-state index < -0.39 is 0 Å². The largest absolute Gasteiger partial charge is 0.496 e. The van der Waals surface area contributed by atoms with Crippen LogP contribution in [0.5, 0.6) is 5.75 Å². The van der Waals surface area contributed by atoms with Crippen molar-refractivity contribution in [1.29, 1.82) is 0 Å². The van der Waals surface area contributed by atoms with Gasteiger partial charge in [-0.3, -0.25) is 4.98 Å². The van der Waals surface area contributed by atoms with Crippen LogP contribution < -0.4 is 10.1 Å². The number of nitrogens with zero attached hydrogens (tertiary/aromatic N) is 1. The average molecular weight is 297 g/mol. The lowest BCUT2D eigenvalue weighted by Crippen LogP contribution is -2.48. The smallest absolute Gasteiger partial charge is 0.128 e. The molecule has 1 aliphatic rings. The van der Waals surface area contributed by atoms with Gasteiger partial charge in [0.25, 0.3) is 0 Å². The summed E-state index contributed by atoms with van der Waals surface area (Å²) in [5.74, 6) is 1.62. The summed E-state index contributed by atoms with van der Waals surface area (Å²) in [6, 6.07) is 0. The molecule has 0 aromatic carbocycles. The summed E-state index contributed by atoms with van der Waals surface area (Å²) in [5, 5.41) is 3.66. The van der Waals surface area contributed by atoms with Crippen molar-refractivity contribution < 1.29 is 4.74 Å². The molecule has 1 saturated carbocycles. The van der Waals surface area contributed by atoms with Gasteiger partial charge in [-0.1, -0.05) is 19.3 Å². The number of alkyl halides is 1. The van der Waals surface area contributed by atoms with Crippen molar-refractivity contribution in [2.24, 2.45) is 0 Å². The number of nitrogens with one attached hydrogen (secondary N) is 1. The number of pyridine rings is 1. The fourth-order valence-corrected chi connectivity index (χ4v) is 3.47. The lowest BCUT2D eigenvalue weighted by molar-refractivity contribution is 0.255. The van der Waals surface area contributed by atoms with Crippen LogP contribution in [0.2, 0.25) is 0 Å². The third kappa shape index (κ3) is 3.26. The van der Waals surface area contributed by atoms with Gasteiger partial charge in [0.2, 0.25) is 0 Å². The molecular formula is C16H25ClN2O. The Kier molecular flexibility index (Phi) is 5.28. The molecule has 1 N–H and O–H groups in total. The average Bonchev–Trinajstić information content (AvgIpc) is 2.48. The van der Waals surface area contributed by atoms with E-state index in [-0.39, 0.29) is 5.54 Å². The van der Waals surface area contributed by atoms with Crippen LogP contribution >= 0.6 is 11.6 Å². The molecule has 4 heteroatoms. The molecule has 0 aliphatic heterocycles. The summed E-state index contributed by atoms with van der Waals surface area (Å²) in [6.45, 7) is 4.86. The molecule has 0 saturated heterocycles. The molecule has 0 bridgehead atoms. The minimum absolute atomic E-state index is 0.0893. The van der Waals surface area contributed by atoms with Crippen molar-refractivity contribution in [2.45, 2.75) is 58.0 Å². The first-order valence-electron chi connectivity index (χ1n) is 7.42. The quantitative estimate of drug-likeness (QED) is 0.841. The second kappa shape index (κ2) is 6.77. The second-order valence-electron chi connectivity index (χ2n) is 5.87. The highest BCUT2D eigenvalue weighted by molar-refractivity contribution is 6.18. The molecule has 0 unspecified atom stereocenters. The number of hydrogen-bond donors (Lipinski definition) is 1. The fourth-order valence-electron chi connectivity index (χ4n) is 3.11. The first-order chi connectivity index (χ1) is 9.62. The summed E-state index contributed by atoms with van der Waals surface area (Å²) >= 11 is 6.22. The first kappa shape index (κ1) is 15.6. The molecular weight excluding hydrogens is 272 g/mol. The Bertz CT molecular complexity index is 456. The van der Waals surface area contributed by atoms with E-state index in [4.69, 9.17) is 16.3 Å². The third-order valence-electron chi connectivity index (χ3n) is 4.45. The topological polar surface area (TPSA) is 34.1 Å². The van der Waals surface area contributed by atoms with Gasteiger partial charge >= 0.3 is 0 Å². The summed E-state index contributed by atoms with van der Waals surface area (Å²) < 4.78 is 5.47. The number of aromatic nitrogens is 1. The first-order valence-corrected chi connectivity index (χ1v) is 7.95. The zero-order valence-corrected chi connectivity index (χ0v) is 13.5. The van der Waals surface area contributed by atoms with E-state index in [1.807, 2.05) is 13.1 Å². The van der Waals surface area contributed by atoms with Crippen LogP contribution in [-0.2, 0) is 6.54 Å². The van der Waals surface area contributed by atoms with Gasteiger partial charge < -0.3 is 10.1 Å². The number of aryl methyl sites for hydroxylation is 1. The Morgan fingerprint density at radius 1 is 1.30 bits per heavy atom. The minimum atomic E-state index is 0.0893. The van der Waals surface area contributed by atoms with Crippen molar-refractivity contribution in [2.75, 3.05) is 13.0 Å². The van der Waals surface area contributed by atoms with E-state index in [0.29, 0.717) is 5.88 Å². The number of halogens is 1. The van der Waals surface area contributed by atoms with Gasteiger partial charge in [0.1, 0.15) is 5.75 Å². The van der Waals surface area contributed by atoms with E-state index in [1.165, 1.54) is 32.1 Å². The molecule has 1 heterocycles. The lowest BCUT2D eigenvalue weighted by atomic mass is 9.83. The number of ether oxygens (including phenoxy) is 1. The van der Waals surface area contributed by atoms with Gasteiger partial charge in [-0.25, -0.2) is 0 Å². The summed E-state index contributed by atoms with van der Waals surface area (Å²) in [4.78, 5) is 4.55. The molecule has 1 aromatic heterocycles. The highest BCUT2D eigenvalue weighted by atomic mass is 35.5. The van der Waals surface area contributed by atoms with Gasteiger partial charge in [0.05, 0.1) is 12.8 Å². The maximum absolute atomic E-state index is 6.22. The fraction of sp³-hybridized carbons (Fsp3) is 0.688. The minimum Gasteiger partial charge on any atom is -0.496 e. The molecule has 0 amide bonds. The third-order valence-corrected chi connectivity index (χ3v) is 4.96. The number of rotatable bonds is 5. The maximum atomic E-state index is 6.22. The number of hydrogen-bond acceptors (Lipinski definition) is 3. The van der Waals surface area contributed by atoms with Gasteiger partial charge in [-0.05, 0) is 26.7 Å². The van der Waals surface area contributed by atoms with Crippen LogP contribution in [0.1, 0.15) is 48.9 Å². The van der Waals surface area contributed by atoms with E-state index in [2.05, 4.69) is 17.2 Å². The van der Waals surface area contributed by atoms with Crippen molar-refractivity contribution in [3.63, 3.8) is 0 Å². The highest BCUT2D eigenvalue weighted by Crippen LogP contribution is 2.30. The maximum Gasteiger partial charge on any atom is 0.128 e. The lowest BCUT2D eigenvalue weighted by Gasteiger charge is -2.36. The molecule has 2 rings (SSSR count). The Labute approximate surface area is 127 Å². The molecule has 0 spiro atoms. The zero-order chi connectivity index (χ0) is 14.6. The standard InChI is InChI=1S/C16H25ClN2O/c1-12-9-18-14(13(2)15(12)20-3)10-19-16(11-17)7-5-4-6-8-16/h9,19H,4-8,10-11H2,1-3H3. The predicted octanol–water partition coefficient (Wildman–Crippen LogP) is 3.74. The van der Waals surface area contributed by atoms with Gasteiger partial charge in [0.15, 0.2) is 0 Å². The van der Waals surface area contributed by atoms with Gasteiger partial charge in [0, 0.05) is 35.3 Å². The predicted molar refractivity (Wildman–Crippen MR) is 83.6 cm³/mol. The monoisotopic (exact) mass is 296 g/mol. The number of methoxy groups -OCH3 is 1. The van der Waals surface area contributed by atoms with Crippen LogP contribution in [0.4, 0.5) is 0 Å². The normalized spacial score (nSPS) is 18.0. The Balaban J connectivity index is 2.10. The van der Waals surface area contributed by atoms with Gasteiger partial charge in [-0.15, -0.1) is 11.6 Å². The van der Waals surface area contributed by atoms with Crippen LogP contribution in [0, 0.1) is 13.8 Å². The Morgan fingerprint density at radius 2 is 2.00 bits per heavy atom. The van der Waals surface area contributed by atoms with Gasteiger partial charge in [-0.2, -0.15) is 0 Å². The van der Waals surface area contributed by atoms with E-state index >= 15 is 0 Å². The molecule has 1 aliphatic carbocycles. The molecule has 3 nitrogen and oxygen atoms in total. The molecule has 1 aromatic rings. The van der Waals surface area contributed by atoms with E-state index in [9.17, 15) is 0 Å². The van der Waals surface area contributed by atoms with Crippen LogP contribution in [0.3, 0.4) is 0 Å². The molecule has 0 atom stereocenters. The van der Waals surface area contributed by atoms with Crippen LogP contribution in [0.15, 0.2) is 6.20 Å². The van der Waals surface area contributed by atoms with Crippen molar-refractivity contribution in [3.8, 4) is 5.75 Å². The summed E-state index contributed by atoms with van der Waals surface area (Å²) in [7, 11) is 1.72. The van der Waals surface area contributed by atoms with E-state index in [0.717, 1.165) is 29.1 Å². The van der Waals surface area contributed by atoms with E-state index in [1.54, 1.807) is 7.11 Å². The molecule has 0 radical (unpaired) electrons. The SMILES string of the molecule is COc1c(C)cnc(CNC2(CCl)CCCCC2)c1C.